The highest BCUT2D eigenvalue weighted by Crippen LogP contribution is 2.19. The summed E-state index contributed by atoms with van der Waals surface area (Å²) >= 11 is 0. The van der Waals surface area contributed by atoms with Crippen LogP contribution in [0.2, 0.25) is 0 Å². The lowest BCUT2D eigenvalue weighted by molar-refractivity contribution is 0.567. The van der Waals surface area contributed by atoms with Crippen LogP contribution in [-0.2, 0) is 0 Å². The number of rotatable bonds is 6. The second-order valence-corrected chi connectivity index (χ2v) is 4.64. The first-order valence-electron chi connectivity index (χ1n) is 6.12. The summed E-state index contributed by atoms with van der Waals surface area (Å²) in [6.45, 7) is 5.31. The number of H-pyrrole nitrogens is 1. The van der Waals surface area contributed by atoms with Crippen molar-refractivity contribution in [3.05, 3.63) is 6.20 Å². The van der Waals surface area contributed by atoms with Crippen LogP contribution in [-0.4, -0.2) is 26.7 Å². The molecule has 0 aliphatic carbocycles. The molecule has 2 aromatic rings. The average Bonchev–Trinajstić information content (AvgIpc) is 2.82. The monoisotopic (exact) mass is 249 g/mol. The van der Waals surface area contributed by atoms with Crippen LogP contribution in [0, 0.1) is 5.92 Å². The van der Waals surface area contributed by atoms with Crippen LogP contribution in [0.25, 0.3) is 11.0 Å². The normalized spacial score (nSPS) is 11.1. The van der Waals surface area contributed by atoms with Crippen LogP contribution < -0.4 is 16.6 Å². The van der Waals surface area contributed by atoms with Crippen LogP contribution in [0.15, 0.2) is 6.20 Å². The quantitative estimate of drug-likeness (QED) is 0.351. The van der Waals surface area contributed by atoms with E-state index in [4.69, 9.17) is 5.84 Å². The molecular weight excluding hydrogens is 230 g/mol. The minimum Gasteiger partial charge on any atom is -0.369 e. The van der Waals surface area contributed by atoms with Crippen molar-refractivity contribution in [2.45, 2.75) is 26.7 Å². The molecule has 0 atom stereocenters. The van der Waals surface area contributed by atoms with E-state index in [1.807, 2.05) is 0 Å². The van der Waals surface area contributed by atoms with Crippen molar-refractivity contribution in [2.24, 2.45) is 11.8 Å². The van der Waals surface area contributed by atoms with Crippen LogP contribution >= 0.6 is 0 Å². The molecule has 0 radical (unpaired) electrons. The number of aromatic amines is 1. The van der Waals surface area contributed by atoms with Crippen molar-refractivity contribution in [3.8, 4) is 0 Å². The van der Waals surface area contributed by atoms with Gasteiger partial charge in [0, 0.05) is 6.54 Å². The van der Waals surface area contributed by atoms with Gasteiger partial charge in [-0.25, -0.2) is 5.84 Å². The Labute approximate surface area is 106 Å². The SMILES string of the molecule is CC(C)CCCNc1nc(NN)nc2[nH]ncc12. The maximum absolute atomic E-state index is 5.34. The number of hydrazine groups is 1. The molecule has 18 heavy (non-hydrogen) atoms. The molecule has 7 heteroatoms. The zero-order valence-electron chi connectivity index (χ0n) is 10.7. The highest BCUT2D eigenvalue weighted by atomic mass is 15.3. The summed E-state index contributed by atoms with van der Waals surface area (Å²) in [5.41, 5.74) is 3.12. The molecular formula is C11H19N7. The molecule has 0 unspecified atom stereocenters. The summed E-state index contributed by atoms with van der Waals surface area (Å²) in [5, 5.41) is 10.9. The molecule has 0 aromatic carbocycles. The minimum absolute atomic E-state index is 0.373. The smallest absolute Gasteiger partial charge is 0.241 e. The fourth-order valence-electron chi connectivity index (χ4n) is 1.75. The zero-order chi connectivity index (χ0) is 13.0. The molecule has 2 rings (SSSR count). The highest BCUT2D eigenvalue weighted by Gasteiger charge is 2.08. The molecule has 2 heterocycles. The Balaban J connectivity index is 2.08. The third-order valence-electron chi connectivity index (χ3n) is 2.69. The standard InChI is InChI=1S/C11H19N7/c1-7(2)4-3-5-13-9-8-6-14-18-10(8)16-11(15-9)17-12/h6-7H,3-5,12H2,1-2H3,(H3,13,14,15,16,17,18). The third-order valence-corrected chi connectivity index (χ3v) is 2.69. The molecule has 5 N–H and O–H groups in total. The Kier molecular flexibility index (Phi) is 3.93. The molecule has 7 nitrogen and oxygen atoms in total. The van der Waals surface area contributed by atoms with Gasteiger partial charge in [-0.3, -0.25) is 10.5 Å². The van der Waals surface area contributed by atoms with E-state index in [1.165, 1.54) is 6.42 Å². The van der Waals surface area contributed by atoms with Crippen molar-refractivity contribution in [1.82, 2.24) is 20.2 Å². The molecule has 0 spiro atoms. The maximum atomic E-state index is 5.34. The van der Waals surface area contributed by atoms with E-state index in [9.17, 15) is 0 Å². The number of anilines is 2. The fraction of sp³-hybridized carbons (Fsp3) is 0.545. The predicted molar refractivity (Wildman–Crippen MR) is 72.1 cm³/mol. The number of hydrogen-bond donors (Lipinski definition) is 4. The number of nitrogen functional groups attached to an aromatic ring is 1. The van der Waals surface area contributed by atoms with Gasteiger partial charge in [0.25, 0.3) is 0 Å². The molecule has 0 saturated heterocycles. The second-order valence-electron chi connectivity index (χ2n) is 4.64. The number of aromatic nitrogens is 4. The van der Waals surface area contributed by atoms with E-state index in [0.29, 0.717) is 17.5 Å². The van der Waals surface area contributed by atoms with Gasteiger partial charge in [0.2, 0.25) is 5.95 Å². The Hall–Kier alpha value is -1.89. The number of hydrogen-bond acceptors (Lipinski definition) is 6. The van der Waals surface area contributed by atoms with E-state index in [1.54, 1.807) is 6.20 Å². The topological polar surface area (TPSA) is 105 Å². The number of nitrogens with one attached hydrogen (secondary N) is 3. The van der Waals surface area contributed by atoms with Gasteiger partial charge in [0.05, 0.1) is 11.6 Å². The Morgan fingerprint density at radius 1 is 1.39 bits per heavy atom. The van der Waals surface area contributed by atoms with Crippen LogP contribution in [0.5, 0.6) is 0 Å². The lowest BCUT2D eigenvalue weighted by Crippen LogP contribution is -2.13. The van der Waals surface area contributed by atoms with Gasteiger partial charge < -0.3 is 5.32 Å². The molecule has 0 aliphatic heterocycles. The van der Waals surface area contributed by atoms with Gasteiger partial charge >= 0.3 is 0 Å². The Morgan fingerprint density at radius 3 is 2.94 bits per heavy atom. The first-order chi connectivity index (χ1) is 8.70. The number of fused-ring (bicyclic) bond motifs is 1. The van der Waals surface area contributed by atoms with Gasteiger partial charge in [-0.1, -0.05) is 13.8 Å². The first kappa shape index (κ1) is 12.6. The molecule has 0 fully saturated rings. The van der Waals surface area contributed by atoms with E-state index < -0.39 is 0 Å². The number of nitrogens with two attached hydrogens (primary N) is 1. The average molecular weight is 249 g/mol. The lowest BCUT2D eigenvalue weighted by Gasteiger charge is -2.09. The summed E-state index contributed by atoms with van der Waals surface area (Å²) in [5.74, 6) is 7.18. The lowest BCUT2D eigenvalue weighted by atomic mass is 10.1. The zero-order valence-corrected chi connectivity index (χ0v) is 10.7. The van der Waals surface area contributed by atoms with Crippen molar-refractivity contribution in [1.29, 1.82) is 0 Å². The predicted octanol–water partition coefficient (Wildman–Crippen LogP) is 1.49. The van der Waals surface area contributed by atoms with Gasteiger partial charge in [-0.2, -0.15) is 15.1 Å². The van der Waals surface area contributed by atoms with Crippen LogP contribution in [0.4, 0.5) is 11.8 Å². The van der Waals surface area contributed by atoms with E-state index in [0.717, 1.165) is 24.2 Å². The van der Waals surface area contributed by atoms with Gasteiger partial charge in [-0.05, 0) is 18.8 Å². The van der Waals surface area contributed by atoms with Crippen LogP contribution in [0.3, 0.4) is 0 Å². The molecule has 98 valence electrons. The van der Waals surface area contributed by atoms with Crippen molar-refractivity contribution in [3.63, 3.8) is 0 Å². The van der Waals surface area contributed by atoms with Gasteiger partial charge in [0.15, 0.2) is 5.65 Å². The molecule has 0 aliphatic rings. The molecule has 0 saturated carbocycles. The van der Waals surface area contributed by atoms with E-state index in [2.05, 4.69) is 44.8 Å². The van der Waals surface area contributed by atoms with Crippen molar-refractivity contribution >= 4 is 22.8 Å². The number of nitrogens with zero attached hydrogens (tertiary/aromatic N) is 3. The highest BCUT2D eigenvalue weighted by molar-refractivity contribution is 5.86. The summed E-state index contributed by atoms with van der Waals surface area (Å²) in [7, 11) is 0. The van der Waals surface area contributed by atoms with E-state index >= 15 is 0 Å². The van der Waals surface area contributed by atoms with Crippen molar-refractivity contribution < 1.29 is 0 Å². The van der Waals surface area contributed by atoms with Crippen molar-refractivity contribution in [2.75, 3.05) is 17.3 Å². The molecule has 2 aromatic heterocycles. The summed E-state index contributed by atoms with van der Waals surface area (Å²) in [4.78, 5) is 8.46. The van der Waals surface area contributed by atoms with Gasteiger partial charge in [-0.15, -0.1) is 0 Å². The summed E-state index contributed by atoms with van der Waals surface area (Å²) < 4.78 is 0. The third kappa shape index (κ3) is 2.86. The van der Waals surface area contributed by atoms with Crippen LogP contribution in [0.1, 0.15) is 26.7 Å². The fourth-order valence-corrected chi connectivity index (χ4v) is 1.75. The summed E-state index contributed by atoms with van der Waals surface area (Å²) in [6, 6.07) is 0. The Morgan fingerprint density at radius 2 is 2.22 bits per heavy atom. The second kappa shape index (κ2) is 5.63. The maximum Gasteiger partial charge on any atom is 0.241 e. The van der Waals surface area contributed by atoms with E-state index in [-0.39, 0.29) is 0 Å². The first-order valence-corrected chi connectivity index (χ1v) is 6.12. The van der Waals surface area contributed by atoms with Gasteiger partial charge in [0.1, 0.15) is 5.82 Å². The molecule has 0 amide bonds. The minimum atomic E-state index is 0.373. The molecule has 0 bridgehead atoms. The Bertz CT molecular complexity index is 505. The largest absolute Gasteiger partial charge is 0.369 e. The summed E-state index contributed by atoms with van der Waals surface area (Å²) in [6.07, 6.45) is 4.00.